The summed E-state index contributed by atoms with van der Waals surface area (Å²) < 4.78 is 5.34. The maximum Gasteiger partial charge on any atom is 0.239 e. The fraction of sp³-hybridized carbons (Fsp3) is 0.632. The average molecular weight is 404 g/mol. The van der Waals surface area contributed by atoms with Gasteiger partial charge in [0.2, 0.25) is 5.91 Å². The lowest BCUT2D eigenvalue weighted by Crippen LogP contribution is -2.51. The van der Waals surface area contributed by atoms with Crippen molar-refractivity contribution in [2.75, 3.05) is 32.8 Å². The zero-order valence-electron chi connectivity index (χ0n) is 15.2. The monoisotopic (exact) mass is 403 g/mol. The average Bonchev–Trinajstić information content (AvgIpc) is 2.89. The summed E-state index contributed by atoms with van der Waals surface area (Å²) in [6.45, 7) is 5.87. The van der Waals surface area contributed by atoms with Crippen LogP contribution in [0.1, 0.15) is 36.8 Å². The predicted octanol–water partition coefficient (Wildman–Crippen LogP) is 2.51. The van der Waals surface area contributed by atoms with Crippen LogP contribution in [0.15, 0.2) is 24.3 Å². The molecule has 1 aromatic carbocycles. The van der Waals surface area contributed by atoms with Gasteiger partial charge in [0.15, 0.2) is 0 Å². The van der Waals surface area contributed by atoms with Gasteiger partial charge in [-0.25, -0.2) is 0 Å². The summed E-state index contributed by atoms with van der Waals surface area (Å²) >= 11 is 0. The lowest BCUT2D eigenvalue weighted by atomic mass is 10.1. The Hall–Kier alpha value is -0.850. The molecule has 2 heterocycles. The highest BCUT2D eigenvalue weighted by molar-refractivity contribution is 5.85. The molecule has 0 aromatic heterocycles. The van der Waals surface area contributed by atoms with E-state index in [0.717, 1.165) is 18.7 Å². The molecule has 0 aliphatic carbocycles. The third-order valence-electron chi connectivity index (χ3n) is 4.80. The lowest BCUT2D eigenvalue weighted by Gasteiger charge is -2.23. The summed E-state index contributed by atoms with van der Waals surface area (Å²) in [5.74, 6) is 0.0209. The molecule has 7 heteroatoms. The van der Waals surface area contributed by atoms with Gasteiger partial charge in [-0.15, -0.1) is 24.8 Å². The van der Waals surface area contributed by atoms with Crippen LogP contribution in [-0.2, 0) is 22.6 Å². The molecule has 26 heavy (non-hydrogen) atoms. The van der Waals surface area contributed by atoms with E-state index in [-0.39, 0.29) is 36.8 Å². The number of likely N-dealkylation sites (tertiary alicyclic amines) is 1. The van der Waals surface area contributed by atoms with Gasteiger partial charge in [-0.05, 0) is 37.1 Å². The molecular weight excluding hydrogens is 373 g/mol. The molecule has 2 fully saturated rings. The van der Waals surface area contributed by atoms with Crippen LogP contribution >= 0.6 is 24.8 Å². The van der Waals surface area contributed by atoms with Gasteiger partial charge >= 0.3 is 0 Å². The van der Waals surface area contributed by atoms with Gasteiger partial charge in [0, 0.05) is 19.6 Å². The molecule has 0 radical (unpaired) electrons. The van der Waals surface area contributed by atoms with Crippen LogP contribution < -0.4 is 10.6 Å². The molecule has 1 aromatic rings. The van der Waals surface area contributed by atoms with Gasteiger partial charge in [-0.3, -0.25) is 9.69 Å². The van der Waals surface area contributed by atoms with Crippen molar-refractivity contribution in [2.45, 2.75) is 44.8 Å². The van der Waals surface area contributed by atoms with Gasteiger partial charge < -0.3 is 15.4 Å². The number of rotatable bonds is 5. The molecule has 1 amide bonds. The molecule has 3 rings (SSSR count). The van der Waals surface area contributed by atoms with E-state index in [1.807, 2.05) is 0 Å². The number of halogens is 2. The molecule has 2 aliphatic heterocycles. The molecule has 1 unspecified atom stereocenters. The second kappa shape index (κ2) is 12.5. The largest absolute Gasteiger partial charge is 0.378 e. The third-order valence-corrected chi connectivity index (χ3v) is 4.80. The second-order valence-corrected chi connectivity index (χ2v) is 6.81. The second-order valence-electron chi connectivity index (χ2n) is 6.81. The summed E-state index contributed by atoms with van der Waals surface area (Å²) in [6, 6.07) is 8.36. The van der Waals surface area contributed by atoms with Gasteiger partial charge in [-0.2, -0.15) is 0 Å². The number of benzene rings is 1. The van der Waals surface area contributed by atoms with E-state index in [2.05, 4.69) is 39.8 Å². The van der Waals surface area contributed by atoms with Gasteiger partial charge in [0.1, 0.15) is 6.04 Å². The van der Waals surface area contributed by atoms with Crippen LogP contribution in [0, 0.1) is 0 Å². The van der Waals surface area contributed by atoms with Crippen molar-refractivity contribution in [1.82, 2.24) is 15.5 Å². The zero-order valence-corrected chi connectivity index (χ0v) is 16.9. The lowest BCUT2D eigenvalue weighted by molar-refractivity contribution is -0.126. The number of carbonyl (C=O) groups is 1. The van der Waals surface area contributed by atoms with Crippen LogP contribution in [0.5, 0.6) is 0 Å². The molecule has 0 saturated carbocycles. The van der Waals surface area contributed by atoms with Crippen molar-refractivity contribution in [2.24, 2.45) is 0 Å². The Morgan fingerprint density at radius 3 is 2.58 bits per heavy atom. The summed E-state index contributed by atoms with van der Waals surface area (Å²) in [7, 11) is 0. The standard InChI is InChI=1S/C19H29N3O2.2ClH/c23-19(18-15-24-11-8-20-18)21-13-16-6-5-7-17(12-16)14-22-9-3-1-2-4-10-22;;/h5-7,12,18,20H,1-4,8-11,13-15H2,(H,21,23);2*1H. The first-order valence-corrected chi connectivity index (χ1v) is 9.20. The van der Waals surface area contributed by atoms with E-state index in [4.69, 9.17) is 4.74 Å². The fourth-order valence-corrected chi connectivity index (χ4v) is 3.44. The first-order chi connectivity index (χ1) is 11.8. The van der Waals surface area contributed by atoms with Crippen LogP contribution in [-0.4, -0.2) is 49.7 Å². The molecule has 2 aliphatic rings. The van der Waals surface area contributed by atoms with E-state index >= 15 is 0 Å². The quantitative estimate of drug-likeness (QED) is 0.792. The number of hydrogen-bond donors (Lipinski definition) is 2. The predicted molar refractivity (Wildman–Crippen MR) is 109 cm³/mol. The number of morpholine rings is 1. The SMILES string of the molecule is Cl.Cl.O=C(NCc1cccc(CN2CCCCCC2)c1)C1COCCN1. The van der Waals surface area contributed by atoms with Crippen molar-refractivity contribution < 1.29 is 9.53 Å². The summed E-state index contributed by atoms with van der Waals surface area (Å²) in [6.07, 6.45) is 5.35. The van der Waals surface area contributed by atoms with Gasteiger partial charge in [-0.1, -0.05) is 37.1 Å². The van der Waals surface area contributed by atoms with Crippen LogP contribution in [0.4, 0.5) is 0 Å². The molecular formula is C19H31Cl2N3O2. The maximum atomic E-state index is 12.1. The molecule has 0 bridgehead atoms. The summed E-state index contributed by atoms with van der Waals surface area (Å²) in [5.41, 5.74) is 2.50. The van der Waals surface area contributed by atoms with Gasteiger partial charge in [0.25, 0.3) is 0 Å². The highest BCUT2D eigenvalue weighted by Gasteiger charge is 2.20. The highest BCUT2D eigenvalue weighted by Crippen LogP contribution is 2.14. The van der Waals surface area contributed by atoms with Crippen LogP contribution in [0.3, 0.4) is 0 Å². The molecule has 5 nitrogen and oxygen atoms in total. The molecule has 2 saturated heterocycles. The minimum absolute atomic E-state index is 0. The van der Waals surface area contributed by atoms with Crippen LogP contribution in [0.2, 0.25) is 0 Å². The van der Waals surface area contributed by atoms with Gasteiger partial charge in [0.05, 0.1) is 13.2 Å². The van der Waals surface area contributed by atoms with Crippen molar-refractivity contribution in [3.8, 4) is 0 Å². The summed E-state index contributed by atoms with van der Waals surface area (Å²) in [5, 5.41) is 6.20. The zero-order chi connectivity index (χ0) is 16.6. The van der Waals surface area contributed by atoms with Crippen molar-refractivity contribution in [3.05, 3.63) is 35.4 Å². The van der Waals surface area contributed by atoms with Crippen molar-refractivity contribution >= 4 is 30.7 Å². The van der Waals surface area contributed by atoms with Crippen molar-refractivity contribution in [3.63, 3.8) is 0 Å². The minimum Gasteiger partial charge on any atom is -0.378 e. The maximum absolute atomic E-state index is 12.1. The Kier molecular flexibility index (Phi) is 11.2. The number of nitrogens with one attached hydrogen (secondary N) is 2. The molecule has 0 spiro atoms. The number of amides is 1. The van der Waals surface area contributed by atoms with E-state index in [1.165, 1.54) is 44.3 Å². The van der Waals surface area contributed by atoms with E-state index in [9.17, 15) is 4.79 Å². The van der Waals surface area contributed by atoms with E-state index in [0.29, 0.717) is 19.8 Å². The number of nitrogens with zero attached hydrogens (tertiary/aromatic N) is 1. The van der Waals surface area contributed by atoms with E-state index < -0.39 is 0 Å². The molecule has 148 valence electrons. The number of hydrogen-bond acceptors (Lipinski definition) is 4. The molecule has 1 atom stereocenters. The normalized spacial score (nSPS) is 21.0. The Morgan fingerprint density at radius 1 is 1.15 bits per heavy atom. The van der Waals surface area contributed by atoms with Crippen molar-refractivity contribution in [1.29, 1.82) is 0 Å². The first kappa shape index (κ1) is 23.2. The fourth-order valence-electron chi connectivity index (χ4n) is 3.44. The number of ether oxygens (including phenoxy) is 1. The smallest absolute Gasteiger partial charge is 0.239 e. The third kappa shape index (κ3) is 7.41. The first-order valence-electron chi connectivity index (χ1n) is 9.20. The Bertz CT molecular complexity index is 531. The highest BCUT2D eigenvalue weighted by atomic mass is 35.5. The van der Waals surface area contributed by atoms with E-state index in [1.54, 1.807) is 0 Å². The molecule has 2 N–H and O–H groups in total. The topological polar surface area (TPSA) is 53.6 Å². The Labute approximate surface area is 169 Å². The number of carbonyl (C=O) groups excluding carboxylic acids is 1. The van der Waals surface area contributed by atoms with Crippen LogP contribution in [0.25, 0.3) is 0 Å². The Balaban J connectivity index is 0.00000169. The minimum atomic E-state index is -0.223. The Morgan fingerprint density at radius 2 is 1.88 bits per heavy atom. The summed E-state index contributed by atoms with van der Waals surface area (Å²) in [4.78, 5) is 14.7.